The molecular weight excluding hydrogens is 1100 g/mol. The van der Waals surface area contributed by atoms with E-state index in [1.54, 1.807) is 0 Å². The van der Waals surface area contributed by atoms with Gasteiger partial charge in [0.15, 0.2) is 0 Å². The number of ether oxygens (including phenoxy) is 1. The number of likely N-dealkylation sites (N-methyl/N-ethyl adjacent to an activating group) is 1. The largest absolute Gasteiger partial charge is 0.472 e. The standard InChI is InChI=1S/C77H143N2O7P/c1-7-10-13-16-19-22-25-27-29-31-33-35-37-38-39-40-42-44-46-48-50-52-55-58-61-64-67-70-77(81)86-75(68-65-62-59-56-53-24-21-18-15-12-9-3)74(73-85-87(82,83)84-72-71-79(4,5)6)78-76(80)69-66-63-60-57-54-51-49-47-45-43-41-36-34-32-30-28-26-23-20-17-14-11-8-2/h19-20,22-23,27-30,34,36,65,68,74-75H,7-18,21,24-26,31-33,35,37-64,66-67,69-73H2,1-6H3,(H-,78,80,82,83)/p+1/b22-19-,23-20-,29-27-,30-28-,36-34-,68-65+. The molecule has 0 radical (unpaired) electrons. The number of hydrogen-bond donors (Lipinski definition) is 2. The van der Waals surface area contributed by atoms with Crippen LogP contribution in [0.3, 0.4) is 0 Å². The second-order valence-electron chi connectivity index (χ2n) is 26.5. The van der Waals surface area contributed by atoms with Crippen molar-refractivity contribution in [3.05, 3.63) is 72.9 Å². The molecule has 0 aliphatic rings. The van der Waals surface area contributed by atoms with Gasteiger partial charge in [0.05, 0.1) is 33.8 Å². The Morgan fingerprint density at radius 2 is 0.701 bits per heavy atom. The van der Waals surface area contributed by atoms with E-state index in [9.17, 15) is 19.0 Å². The number of allylic oxidation sites excluding steroid dienone is 11. The molecule has 0 aromatic rings. The maximum absolute atomic E-state index is 13.6. The van der Waals surface area contributed by atoms with E-state index in [2.05, 4.69) is 86.8 Å². The molecule has 0 aromatic carbocycles. The highest BCUT2D eigenvalue weighted by Gasteiger charge is 2.30. The summed E-state index contributed by atoms with van der Waals surface area (Å²) in [4.78, 5) is 37.9. The highest BCUT2D eigenvalue weighted by Crippen LogP contribution is 2.43. The van der Waals surface area contributed by atoms with E-state index in [1.807, 2.05) is 33.3 Å². The number of nitrogens with one attached hydrogen (secondary N) is 1. The maximum atomic E-state index is 13.6. The quantitative estimate of drug-likeness (QED) is 0.0205. The number of nitrogens with zero attached hydrogens (tertiary/aromatic N) is 1. The normalized spacial score (nSPS) is 13.9. The lowest BCUT2D eigenvalue weighted by molar-refractivity contribution is -0.870. The van der Waals surface area contributed by atoms with Crippen molar-refractivity contribution in [2.24, 2.45) is 0 Å². The number of esters is 1. The minimum Gasteiger partial charge on any atom is -0.456 e. The summed E-state index contributed by atoms with van der Waals surface area (Å²) < 4.78 is 30.9. The summed E-state index contributed by atoms with van der Waals surface area (Å²) >= 11 is 0. The molecule has 0 aliphatic heterocycles. The molecule has 87 heavy (non-hydrogen) atoms. The van der Waals surface area contributed by atoms with Crippen LogP contribution in [0.25, 0.3) is 0 Å². The molecule has 3 unspecified atom stereocenters. The van der Waals surface area contributed by atoms with Crippen molar-refractivity contribution in [1.82, 2.24) is 5.32 Å². The molecule has 508 valence electrons. The van der Waals surface area contributed by atoms with Crippen LogP contribution in [-0.2, 0) is 27.9 Å². The van der Waals surface area contributed by atoms with Crippen LogP contribution in [0.4, 0.5) is 0 Å². The van der Waals surface area contributed by atoms with E-state index >= 15 is 0 Å². The zero-order chi connectivity index (χ0) is 63.5. The number of amides is 1. The first-order valence-electron chi connectivity index (χ1n) is 37.3. The van der Waals surface area contributed by atoms with E-state index in [1.165, 1.54) is 244 Å². The van der Waals surface area contributed by atoms with Crippen molar-refractivity contribution in [3.8, 4) is 0 Å². The maximum Gasteiger partial charge on any atom is 0.472 e. The summed E-state index contributed by atoms with van der Waals surface area (Å²) in [5.74, 6) is -0.498. The molecule has 0 aliphatic carbocycles. The number of phosphoric acid groups is 1. The fourth-order valence-electron chi connectivity index (χ4n) is 10.9. The molecule has 9 nitrogen and oxygen atoms in total. The first-order valence-corrected chi connectivity index (χ1v) is 38.8. The van der Waals surface area contributed by atoms with Gasteiger partial charge in [0, 0.05) is 12.8 Å². The predicted octanol–water partition coefficient (Wildman–Crippen LogP) is 23.9. The van der Waals surface area contributed by atoms with E-state index in [0.29, 0.717) is 23.9 Å². The number of carbonyl (C=O) groups excluding carboxylic acids is 2. The van der Waals surface area contributed by atoms with E-state index < -0.39 is 20.0 Å². The highest BCUT2D eigenvalue weighted by molar-refractivity contribution is 7.47. The highest BCUT2D eigenvalue weighted by atomic mass is 31.2. The molecule has 3 atom stereocenters. The molecule has 0 rings (SSSR count). The van der Waals surface area contributed by atoms with Crippen molar-refractivity contribution >= 4 is 19.7 Å². The molecule has 0 bridgehead atoms. The van der Waals surface area contributed by atoms with Gasteiger partial charge < -0.3 is 19.4 Å². The van der Waals surface area contributed by atoms with Gasteiger partial charge in [-0.15, -0.1) is 0 Å². The third kappa shape index (κ3) is 67.7. The van der Waals surface area contributed by atoms with Gasteiger partial charge in [-0.1, -0.05) is 312 Å². The third-order valence-corrected chi connectivity index (χ3v) is 17.6. The fourth-order valence-corrected chi connectivity index (χ4v) is 11.6. The van der Waals surface area contributed by atoms with Crippen molar-refractivity contribution in [3.63, 3.8) is 0 Å². The smallest absolute Gasteiger partial charge is 0.456 e. The van der Waals surface area contributed by atoms with Crippen molar-refractivity contribution in [2.75, 3.05) is 40.9 Å². The predicted molar refractivity (Wildman–Crippen MR) is 378 cm³/mol. The SMILES string of the molecule is CCCCC/C=C\C/C=C\C/C=C\CCCCCCCCCCCCC(=O)NC(COP(=O)(O)OCC[N+](C)(C)C)C(/C=C/CCCCCCCCCCC)OC(=O)CCCCCCCCCCCCCCCCCCC/C=C\C/C=C\CCCCC. The Hall–Kier alpha value is -2.55. The lowest BCUT2D eigenvalue weighted by Gasteiger charge is -2.27. The van der Waals surface area contributed by atoms with Gasteiger partial charge in [-0.2, -0.15) is 0 Å². The minimum atomic E-state index is -4.46. The zero-order valence-electron chi connectivity index (χ0n) is 58.3. The molecule has 10 heteroatoms. The zero-order valence-corrected chi connectivity index (χ0v) is 59.2. The summed E-state index contributed by atoms with van der Waals surface area (Å²) in [7, 11) is 1.50. The van der Waals surface area contributed by atoms with Crippen LogP contribution in [0.2, 0.25) is 0 Å². The van der Waals surface area contributed by atoms with Gasteiger partial charge in [-0.05, 0) is 102 Å². The van der Waals surface area contributed by atoms with Gasteiger partial charge in [0.2, 0.25) is 5.91 Å². The van der Waals surface area contributed by atoms with Gasteiger partial charge in [0.25, 0.3) is 0 Å². The van der Waals surface area contributed by atoms with Crippen molar-refractivity contribution < 1.29 is 37.3 Å². The first kappa shape index (κ1) is 84.5. The van der Waals surface area contributed by atoms with Crippen LogP contribution in [0.5, 0.6) is 0 Å². The molecule has 0 saturated heterocycles. The fraction of sp³-hybridized carbons (Fsp3) is 0.818. The minimum absolute atomic E-state index is 0.0389. The average molecular weight is 1240 g/mol. The Labute approximate surface area is 540 Å². The van der Waals surface area contributed by atoms with Crippen molar-refractivity contribution in [1.29, 1.82) is 0 Å². The molecular formula is C77H144N2O7P+. The molecule has 0 spiro atoms. The lowest BCUT2D eigenvalue weighted by Crippen LogP contribution is -2.47. The summed E-state index contributed by atoms with van der Waals surface area (Å²) in [5.41, 5.74) is 0. The molecule has 0 heterocycles. The van der Waals surface area contributed by atoms with Crippen LogP contribution in [-0.4, -0.2) is 74.3 Å². The lowest BCUT2D eigenvalue weighted by atomic mass is 10.0. The van der Waals surface area contributed by atoms with Crippen LogP contribution >= 0.6 is 7.82 Å². The Morgan fingerprint density at radius 3 is 1.07 bits per heavy atom. The first-order chi connectivity index (χ1) is 42.4. The van der Waals surface area contributed by atoms with Gasteiger partial charge >= 0.3 is 13.8 Å². The monoisotopic (exact) mass is 1240 g/mol. The number of unbranched alkanes of at least 4 members (excludes halogenated alkanes) is 42. The third-order valence-electron chi connectivity index (χ3n) is 16.6. The second kappa shape index (κ2) is 66.4. The van der Waals surface area contributed by atoms with Crippen molar-refractivity contribution in [2.45, 2.75) is 367 Å². The Kier molecular flexibility index (Phi) is 64.4. The van der Waals surface area contributed by atoms with E-state index in [4.69, 9.17) is 13.8 Å². The summed E-state index contributed by atoms with van der Waals surface area (Å²) in [6.07, 6.45) is 87.8. The van der Waals surface area contributed by atoms with Gasteiger partial charge in [-0.25, -0.2) is 4.57 Å². The van der Waals surface area contributed by atoms with Gasteiger partial charge in [-0.3, -0.25) is 18.6 Å². The van der Waals surface area contributed by atoms with Crippen LogP contribution in [0, 0.1) is 0 Å². The average Bonchev–Trinajstić information content (AvgIpc) is 3.70. The Bertz CT molecular complexity index is 1720. The summed E-state index contributed by atoms with van der Waals surface area (Å²) in [6.45, 7) is 7.00. The van der Waals surface area contributed by atoms with E-state index in [-0.39, 0.29) is 25.1 Å². The molecule has 0 saturated carbocycles. The van der Waals surface area contributed by atoms with Crippen LogP contribution in [0.15, 0.2) is 72.9 Å². The number of quaternary nitrogens is 1. The molecule has 0 fully saturated rings. The Morgan fingerprint density at radius 1 is 0.402 bits per heavy atom. The van der Waals surface area contributed by atoms with Crippen LogP contribution in [0.1, 0.15) is 355 Å². The number of rotatable bonds is 68. The van der Waals surface area contributed by atoms with Gasteiger partial charge in [0.1, 0.15) is 19.3 Å². The van der Waals surface area contributed by atoms with E-state index in [0.717, 1.165) is 77.0 Å². The molecule has 1 amide bonds. The summed E-state index contributed by atoms with van der Waals surface area (Å²) in [6, 6.07) is -0.852. The Balaban J connectivity index is 4.94. The number of hydrogen-bond acceptors (Lipinski definition) is 6. The second-order valence-corrected chi connectivity index (χ2v) is 27.9. The number of carbonyl (C=O) groups is 2. The summed E-state index contributed by atoms with van der Waals surface area (Å²) in [5, 5.41) is 3.07. The molecule has 0 aromatic heterocycles. The number of phosphoric ester groups is 1. The molecule has 2 N–H and O–H groups in total. The topological polar surface area (TPSA) is 111 Å². The van der Waals surface area contributed by atoms with Crippen LogP contribution < -0.4 is 5.32 Å².